The van der Waals surface area contributed by atoms with Crippen LogP contribution < -0.4 is 0 Å². The summed E-state index contributed by atoms with van der Waals surface area (Å²) in [5, 5.41) is 24.7. The molecule has 17 rings (SSSR count). The molecule has 0 unspecified atom stereocenters. The van der Waals surface area contributed by atoms with Gasteiger partial charge in [0.2, 0.25) is 0 Å². The SMILES string of the molecule is Cc1ccc2c(-c3cc(-c4c5ccccc5cc5ccccc45)cc(-c4c5ccccc5c(-c5cc(-c6c7ccccc7cc7ccccc67)cc(-c6c7ccccc7cc7ccccc67)c5)c5ccccc45)c3)c3ccccc3cc2c1. The van der Waals surface area contributed by atoms with Crippen molar-refractivity contribution < 1.29 is 0 Å². The normalized spacial score (nSPS) is 11.9. The maximum atomic E-state index is 2.50. The minimum atomic E-state index is 1.18. The Kier molecular flexibility index (Phi) is 10.6. The van der Waals surface area contributed by atoms with E-state index in [-0.39, 0.29) is 0 Å². The average molecular weight is 1050 g/mol. The molecule has 0 radical (unpaired) electrons. The van der Waals surface area contributed by atoms with E-state index in [0.717, 1.165) is 0 Å². The third-order valence-corrected chi connectivity index (χ3v) is 17.9. The van der Waals surface area contributed by atoms with E-state index >= 15 is 0 Å². The first-order valence-electron chi connectivity index (χ1n) is 29.0. The summed E-state index contributed by atoms with van der Waals surface area (Å²) in [6, 6.07) is 112. The van der Waals surface area contributed by atoms with Crippen LogP contribution in [0.1, 0.15) is 5.56 Å². The summed E-state index contributed by atoms with van der Waals surface area (Å²) in [4.78, 5) is 0. The molecule has 0 fully saturated rings. The maximum Gasteiger partial charge on any atom is -0.00259 e. The van der Waals surface area contributed by atoms with E-state index in [0.29, 0.717) is 0 Å². The second-order valence-electron chi connectivity index (χ2n) is 22.7. The predicted octanol–water partition coefficient (Wildman–Crippen LogP) is 23.5. The Morgan fingerprint density at radius 2 is 0.325 bits per heavy atom. The van der Waals surface area contributed by atoms with Gasteiger partial charge in [-0.3, -0.25) is 0 Å². The van der Waals surface area contributed by atoms with Crippen molar-refractivity contribution in [3.05, 3.63) is 303 Å². The van der Waals surface area contributed by atoms with E-state index in [2.05, 4.69) is 304 Å². The molecule has 0 amide bonds. The summed E-state index contributed by atoms with van der Waals surface area (Å²) in [6.45, 7) is 2.20. The smallest absolute Gasteiger partial charge is 0.00259 e. The zero-order valence-electron chi connectivity index (χ0n) is 45.8. The summed E-state index contributed by atoms with van der Waals surface area (Å²) in [5.74, 6) is 0. The molecule has 0 heteroatoms. The van der Waals surface area contributed by atoms with Gasteiger partial charge in [-0.15, -0.1) is 0 Å². The van der Waals surface area contributed by atoms with Gasteiger partial charge in [-0.25, -0.2) is 0 Å². The Morgan fingerprint density at radius 3 is 0.566 bits per heavy atom. The monoisotopic (exact) mass is 1050 g/mol. The van der Waals surface area contributed by atoms with Crippen LogP contribution in [-0.2, 0) is 0 Å². The molecule has 0 saturated heterocycles. The maximum absolute atomic E-state index is 2.50. The van der Waals surface area contributed by atoms with E-state index < -0.39 is 0 Å². The number of benzene rings is 17. The molecular weight excluding hydrogens is 997 g/mol. The van der Waals surface area contributed by atoms with Crippen molar-refractivity contribution in [1.82, 2.24) is 0 Å². The lowest BCUT2D eigenvalue weighted by Gasteiger charge is -2.22. The largest absolute Gasteiger partial charge is 0.0616 e. The first kappa shape index (κ1) is 47.2. The van der Waals surface area contributed by atoms with Crippen molar-refractivity contribution in [2.45, 2.75) is 6.92 Å². The van der Waals surface area contributed by atoms with E-state index in [1.807, 2.05) is 0 Å². The molecule has 0 saturated carbocycles. The van der Waals surface area contributed by atoms with Crippen molar-refractivity contribution in [3.8, 4) is 66.8 Å². The Bertz CT molecular complexity index is 5220. The van der Waals surface area contributed by atoms with Gasteiger partial charge in [-0.05, 0) is 242 Å². The molecule has 0 aliphatic rings. The standard InChI is InChI=1S/C83H52/c1-51-38-39-73-59(40-51)44-58-26-8-15-33-72(58)81(73)63-46-62(80-70-31-13-6-24-56(70)43-57-25-7-14-32-71(57)80)49-65(50-63)83-76-36-18-16-34-74(76)82(75-35-17-19-37-77(75)83)64-47-60(78-66-27-9-2-20-52(66)41-53-21-3-10-28-67(53)78)45-61(48-64)79-68-29-11-4-22-54(68)42-55-23-5-12-30-69(55)79/h2-50H,1H3. The molecule has 0 nitrogen and oxygen atoms in total. The molecule has 0 aromatic heterocycles. The van der Waals surface area contributed by atoms with Crippen LogP contribution in [0.25, 0.3) is 174 Å². The van der Waals surface area contributed by atoms with Crippen molar-refractivity contribution >= 4 is 108 Å². The summed E-state index contributed by atoms with van der Waals surface area (Å²) >= 11 is 0. The van der Waals surface area contributed by atoms with Gasteiger partial charge >= 0.3 is 0 Å². The van der Waals surface area contributed by atoms with Crippen molar-refractivity contribution in [1.29, 1.82) is 0 Å². The van der Waals surface area contributed by atoms with Gasteiger partial charge in [0.15, 0.2) is 0 Å². The number of hydrogen-bond donors (Lipinski definition) is 0. The first-order chi connectivity index (χ1) is 41.1. The van der Waals surface area contributed by atoms with Gasteiger partial charge in [0.25, 0.3) is 0 Å². The average Bonchev–Trinajstić information content (AvgIpc) is 3.63. The fraction of sp³-hybridized carbons (Fsp3) is 0.0120. The topological polar surface area (TPSA) is 0 Å². The van der Waals surface area contributed by atoms with E-state index in [9.17, 15) is 0 Å². The highest BCUT2D eigenvalue weighted by molar-refractivity contribution is 6.25. The third kappa shape index (κ3) is 7.54. The molecule has 0 spiro atoms. The quantitative estimate of drug-likeness (QED) is 0.146. The van der Waals surface area contributed by atoms with Crippen LogP contribution in [0.15, 0.2) is 297 Å². The molecule has 17 aromatic rings. The van der Waals surface area contributed by atoms with Crippen LogP contribution in [0.4, 0.5) is 0 Å². The second-order valence-corrected chi connectivity index (χ2v) is 22.7. The van der Waals surface area contributed by atoms with Crippen molar-refractivity contribution in [2.24, 2.45) is 0 Å². The molecule has 0 heterocycles. The molecule has 83 heavy (non-hydrogen) atoms. The lowest BCUT2D eigenvalue weighted by Crippen LogP contribution is -1.95. The molecule has 0 aliphatic heterocycles. The van der Waals surface area contributed by atoms with E-state index in [4.69, 9.17) is 0 Å². The highest BCUT2D eigenvalue weighted by Gasteiger charge is 2.23. The van der Waals surface area contributed by atoms with Gasteiger partial charge in [0.1, 0.15) is 0 Å². The number of rotatable bonds is 6. The second kappa shape index (κ2) is 18.7. The third-order valence-electron chi connectivity index (χ3n) is 17.9. The van der Waals surface area contributed by atoms with Crippen LogP contribution >= 0.6 is 0 Å². The minimum Gasteiger partial charge on any atom is -0.0616 e. The van der Waals surface area contributed by atoms with Crippen LogP contribution in [0.5, 0.6) is 0 Å². The van der Waals surface area contributed by atoms with Gasteiger partial charge in [0, 0.05) is 0 Å². The molecule has 0 atom stereocenters. The lowest BCUT2D eigenvalue weighted by atomic mass is 9.81. The Morgan fingerprint density at radius 1 is 0.145 bits per heavy atom. The van der Waals surface area contributed by atoms with E-state index in [1.54, 1.807) is 0 Å². The summed E-state index contributed by atoms with van der Waals surface area (Å²) < 4.78 is 0. The van der Waals surface area contributed by atoms with Gasteiger partial charge in [0.05, 0.1) is 0 Å². The minimum absolute atomic E-state index is 1.18. The lowest BCUT2D eigenvalue weighted by molar-refractivity contribution is 1.51. The molecule has 0 N–H and O–H groups in total. The number of hydrogen-bond acceptors (Lipinski definition) is 0. The van der Waals surface area contributed by atoms with Gasteiger partial charge < -0.3 is 0 Å². The first-order valence-corrected chi connectivity index (χ1v) is 29.0. The van der Waals surface area contributed by atoms with Gasteiger partial charge in [-0.1, -0.05) is 242 Å². The zero-order valence-corrected chi connectivity index (χ0v) is 45.8. The van der Waals surface area contributed by atoms with Gasteiger partial charge in [-0.2, -0.15) is 0 Å². The highest BCUT2D eigenvalue weighted by Crippen LogP contribution is 2.51. The summed E-state index contributed by atoms with van der Waals surface area (Å²) in [5.41, 5.74) is 15.8. The Hall–Kier alpha value is -10.7. The van der Waals surface area contributed by atoms with Crippen LogP contribution in [0.2, 0.25) is 0 Å². The Balaban J connectivity index is 1.00. The predicted molar refractivity (Wildman–Crippen MR) is 359 cm³/mol. The van der Waals surface area contributed by atoms with Crippen molar-refractivity contribution in [3.63, 3.8) is 0 Å². The van der Waals surface area contributed by atoms with Crippen LogP contribution in [0.3, 0.4) is 0 Å². The molecule has 384 valence electrons. The summed E-state index contributed by atoms with van der Waals surface area (Å²) in [6.07, 6.45) is 0. The fourth-order valence-electron chi connectivity index (χ4n) is 14.3. The zero-order chi connectivity index (χ0) is 54.7. The highest BCUT2D eigenvalue weighted by atomic mass is 14.3. The van der Waals surface area contributed by atoms with Crippen LogP contribution in [-0.4, -0.2) is 0 Å². The molecule has 0 bridgehead atoms. The fourth-order valence-corrected chi connectivity index (χ4v) is 14.3. The molecule has 0 aliphatic carbocycles. The van der Waals surface area contributed by atoms with Crippen LogP contribution in [0, 0.1) is 6.92 Å². The van der Waals surface area contributed by atoms with E-state index in [1.165, 1.54) is 180 Å². The molecule has 17 aromatic carbocycles. The number of aryl methyl sites for hydroxylation is 1. The Labute approximate surface area is 481 Å². The summed E-state index contributed by atoms with van der Waals surface area (Å²) in [7, 11) is 0. The number of fused-ring (bicyclic) bond motifs is 10. The van der Waals surface area contributed by atoms with Crippen molar-refractivity contribution in [2.75, 3.05) is 0 Å². The molecular formula is C83H52.